The van der Waals surface area contributed by atoms with Crippen LogP contribution in [0.5, 0.6) is 0 Å². The van der Waals surface area contributed by atoms with Gasteiger partial charge in [0, 0.05) is 14.8 Å². The first kappa shape index (κ1) is 20.8. The number of amides is 1. The molecule has 3 rings (SSSR count). The molecule has 28 heavy (non-hydrogen) atoms. The fraction of sp³-hybridized carbons (Fsp3) is 0.100. The van der Waals surface area contributed by atoms with Crippen LogP contribution in [0.3, 0.4) is 0 Å². The summed E-state index contributed by atoms with van der Waals surface area (Å²) in [6, 6.07) is 14.4. The van der Waals surface area contributed by atoms with Crippen LogP contribution >= 0.6 is 46.4 Å². The van der Waals surface area contributed by atoms with E-state index < -0.39 is 0 Å². The van der Waals surface area contributed by atoms with Crippen LogP contribution in [0.25, 0.3) is 11.3 Å². The highest BCUT2D eigenvalue weighted by molar-refractivity contribution is 14.1. The monoisotopic (exact) mass is 526 g/mol. The minimum atomic E-state index is -0.374. The molecule has 3 aromatic rings. The molecule has 0 radical (unpaired) electrons. The van der Waals surface area contributed by atoms with Crippen molar-refractivity contribution in [1.29, 1.82) is 0 Å². The second-order valence-electron chi connectivity index (χ2n) is 5.99. The molecule has 0 spiro atoms. The van der Waals surface area contributed by atoms with E-state index in [1.807, 2.05) is 37.3 Å². The van der Waals surface area contributed by atoms with E-state index in [1.165, 1.54) is 0 Å². The van der Waals surface area contributed by atoms with Crippen molar-refractivity contribution in [3.05, 3.63) is 74.0 Å². The molecule has 0 aliphatic heterocycles. The Morgan fingerprint density at radius 3 is 2.68 bits per heavy atom. The van der Waals surface area contributed by atoms with Gasteiger partial charge in [-0.05, 0) is 95.8 Å². The maximum absolute atomic E-state index is 12.4. The van der Waals surface area contributed by atoms with Crippen LogP contribution in [-0.2, 0) is 6.61 Å². The maximum Gasteiger partial charge on any atom is 0.258 e. The fourth-order valence-corrected chi connectivity index (χ4v) is 3.53. The van der Waals surface area contributed by atoms with Crippen molar-refractivity contribution in [3.63, 3.8) is 0 Å². The van der Waals surface area contributed by atoms with E-state index in [-0.39, 0.29) is 17.6 Å². The maximum atomic E-state index is 12.4. The molecule has 0 saturated heterocycles. The Hall–Kier alpha value is -1.94. The molecule has 0 bridgehead atoms. The summed E-state index contributed by atoms with van der Waals surface area (Å²) in [6.07, 6.45) is 0. The number of aliphatic hydroxyl groups is 1. The molecule has 0 saturated carbocycles. The fourth-order valence-electron chi connectivity index (χ4n) is 2.63. The molecule has 1 aromatic heterocycles. The first-order chi connectivity index (χ1) is 13.4. The lowest BCUT2D eigenvalue weighted by molar-refractivity contribution is 0.0978. The third-order valence-electron chi connectivity index (χ3n) is 3.97. The van der Waals surface area contributed by atoms with Gasteiger partial charge in [-0.15, -0.1) is 0 Å². The lowest BCUT2D eigenvalue weighted by Crippen LogP contribution is -2.34. The molecular weight excluding hydrogens is 511 g/mol. The first-order valence-electron chi connectivity index (χ1n) is 8.25. The zero-order chi connectivity index (χ0) is 20.3. The van der Waals surface area contributed by atoms with E-state index >= 15 is 0 Å². The van der Waals surface area contributed by atoms with Crippen molar-refractivity contribution in [2.75, 3.05) is 5.32 Å². The third-order valence-corrected chi connectivity index (χ3v) is 5.17. The van der Waals surface area contributed by atoms with Gasteiger partial charge in [-0.1, -0.05) is 11.6 Å². The normalized spacial score (nSPS) is 10.6. The van der Waals surface area contributed by atoms with Gasteiger partial charge in [0.15, 0.2) is 5.11 Å². The zero-order valence-corrected chi connectivity index (χ0v) is 18.5. The predicted octanol–water partition coefficient (Wildman–Crippen LogP) is 5.13. The van der Waals surface area contributed by atoms with Crippen molar-refractivity contribution >= 4 is 63.1 Å². The third kappa shape index (κ3) is 4.91. The van der Waals surface area contributed by atoms with Crippen LogP contribution in [-0.4, -0.2) is 16.1 Å². The average molecular weight is 527 g/mol. The number of thiocarbonyl (C=S) groups is 1. The number of halogens is 2. The Morgan fingerprint density at radius 2 is 2.00 bits per heavy atom. The van der Waals surface area contributed by atoms with Gasteiger partial charge in [-0.3, -0.25) is 10.1 Å². The van der Waals surface area contributed by atoms with Crippen LogP contribution in [0, 0.1) is 10.5 Å². The minimum Gasteiger partial charge on any atom is -0.459 e. The molecule has 0 atom stereocenters. The summed E-state index contributed by atoms with van der Waals surface area (Å²) in [7, 11) is 0. The summed E-state index contributed by atoms with van der Waals surface area (Å²) in [6.45, 7) is 1.80. The van der Waals surface area contributed by atoms with E-state index in [0.29, 0.717) is 22.1 Å². The van der Waals surface area contributed by atoms with Gasteiger partial charge in [0.05, 0.1) is 10.6 Å². The van der Waals surface area contributed by atoms with E-state index in [9.17, 15) is 4.79 Å². The standard InChI is InChI=1S/C20H16ClIN2O3S/c1-11-8-13(3-5-15(11)18-7-4-14(10-25)27-18)23-20(28)24-19(26)16-9-12(22)2-6-17(16)21/h2-9,25H,10H2,1H3,(H2,23,24,26,28). The highest BCUT2D eigenvalue weighted by Gasteiger charge is 2.13. The van der Waals surface area contributed by atoms with Crippen LogP contribution in [0.4, 0.5) is 5.69 Å². The summed E-state index contributed by atoms with van der Waals surface area (Å²) in [5.74, 6) is 0.813. The Balaban J connectivity index is 1.69. The van der Waals surface area contributed by atoms with Gasteiger partial charge in [0.2, 0.25) is 0 Å². The minimum absolute atomic E-state index is 0.142. The number of rotatable bonds is 4. The number of aliphatic hydroxyl groups excluding tert-OH is 1. The summed E-state index contributed by atoms with van der Waals surface area (Å²) in [5, 5.41) is 15.3. The van der Waals surface area contributed by atoms with Crippen molar-refractivity contribution < 1.29 is 14.3 Å². The summed E-state index contributed by atoms with van der Waals surface area (Å²) < 4.78 is 6.48. The van der Waals surface area contributed by atoms with Crippen LogP contribution in [0.15, 0.2) is 52.9 Å². The number of anilines is 1. The average Bonchev–Trinajstić information content (AvgIpc) is 3.12. The van der Waals surface area contributed by atoms with Crippen molar-refractivity contribution in [1.82, 2.24) is 5.32 Å². The van der Waals surface area contributed by atoms with Crippen molar-refractivity contribution in [2.45, 2.75) is 13.5 Å². The van der Waals surface area contributed by atoms with E-state index in [0.717, 1.165) is 20.4 Å². The Bertz CT molecular complexity index is 1050. The molecule has 2 aromatic carbocycles. The molecule has 144 valence electrons. The van der Waals surface area contributed by atoms with Gasteiger partial charge in [0.1, 0.15) is 18.1 Å². The molecule has 0 aliphatic rings. The number of carbonyl (C=O) groups excluding carboxylic acids is 1. The molecule has 8 heteroatoms. The lowest BCUT2D eigenvalue weighted by Gasteiger charge is -2.12. The smallest absolute Gasteiger partial charge is 0.258 e. The van der Waals surface area contributed by atoms with Crippen LogP contribution < -0.4 is 10.6 Å². The van der Waals surface area contributed by atoms with Gasteiger partial charge in [-0.2, -0.15) is 0 Å². The molecule has 5 nitrogen and oxygen atoms in total. The highest BCUT2D eigenvalue weighted by atomic mass is 127. The summed E-state index contributed by atoms with van der Waals surface area (Å²) in [5.41, 5.74) is 2.96. The first-order valence-corrected chi connectivity index (χ1v) is 10.1. The number of carbonyl (C=O) groups is 1. The molecule has 0 fully saturated rings. The SMILES string of the molecule is Cc1cc(NC(=S)NC(=O)c2cc(I)ccc2Cl)ccc1-c1ccc(CO)o1. The Labute approximate surface area is 186 Å². The van der Waals surface area contributed by atoms with Gasteiger partial charge in [0.25, 0.3) is 5.91 Å². The van der Waals surface area contributed by atoms with Crippen LogP contribution in [0.2, 0.25) is 5.02 Å². The summed E-state index contributed by atoms with van der Waals surface area (Å²) in [4.78, 5) is 12.4. The van der Waals surface area contributed by atoms with E-state index in [2.05, 4.69) is 33.2 Å². The lowest BCUT2D eigenvalue weighted by atomic mass is 10.1. The number of nitrogens with one attached hydrogen (secondary N) is 2. The largest absolute Gasteiger partial charge is 0.459 e. The van der Waals surface area contributed by atoms with Gasteiger partial charge >= 0.3 is 0 Å². The number of benzene rings is 2. The van der Waals surface area contributed by atoms with Crippen molar-refractivity contribution in [2.24, 2.45) is 0 Å². The second kappa shape index (κ2) is 9.04. The van der Waals surface area contributed by atoms with E-state index in [1.54, 1.807) is 18.2 Å². The number of hydrogen-bond acceptors (Lipinski definition) is 4. The Kier molecular flexibility index (Phi) is 6.71. The summed E-state index contributed by atoms with van der Waals surface area (Å²) >= 11 is 13.4. The van der Waals surface area contributed by atoms with E-state index in [4.69, 9.17) is 33.3 Å². The predicted molar refractivity (Wildman–Crippen MR) is 123 cm³/mol. The second-order valence-corrected chi connectivity index (χ2v) is 8.05. The number of furan rings is 1. The van der Waals surface area contributed by atoms with Crippen LogP contribution in [0.1, 0.15) is 21.7 Å². The molecule has 1 amide bonds. The highest BCUT2D eigenvalue weighted by Crippen LogP contribution is 2.28. The number of aryl methyl sites for hydroxylation is 1. The van der Waals surface area contributed by atoms with Gasteiger partial charge in [-0.25, -0.2) is 0 Å². The van der Waals surface area contributed by atoms with Gasteiger partial charge < -0.3 is 14.8 Å². The molecule has 0 unspecified atom stereocenters. The number of hydrogen-bond donors (Lipinski definition) is 3. The van der Waals surface area contributed by atoms with Crippen molar-refractivity contribution in [3.8, 4) is 11.3 Å². The topological polar surface area (TPSA) is 74.5 Å². The zero-order valence-electron chi connectivity index (χ0n) is 14.8. The molecule has 0 aliphatic carbocycles. The quantitative estimate of drug-likeness (QED) is 0.325. The Morgan fingerprint density at radius 1 is 1.21 bits per heavy atom. The molecule has 3 N–H and O–H groups in total. The molecule has 1 heterocycles. The molecular formula is C20H16ClIN2O3S.